The van der Waals surface area contributed by atoms with Gasteiger partial charge in [-0.05, 0) is 76.1 Å². The third kappa shape index (κ3) is 11.2. The van der Waals surface area contributed by atoms with Crippen molar-refractivity contribution in [3.63, 3.8) is 0 Å². The molecule has 234 valence electrons. The largest absolute Gasteiger partial charge is 0.494 e. The van der Waals surface area contributed by atoms with Crippen molar-refractivity contribution in [3.8, 4) is 11.5 Å². The highest BCUT2D eigenvalue weighted by atomic mass is 16.7. The summed E-state index contributed by atoms with van der Waals surface area (Å²) >= 11 is 0. The monoisotopic (exact) mass is 589 g/mol. The maximum atomic E-state index is 8.92. The number of hydrogen-bond donors (Lipinski definition) is 2. The Morgan fingerprint density at radius 1 is 0.762 bits per heavy atom. The third-order valence-corrected chi connectivity index (χ3v) is 7.06. The van der Waals surface area contributed by atoms with Gasteiger partial charge in [0.05, 0.1) is 45.2 Å². The fourth-order valence-corrected chi connectivity index (χ4v) is 4.81. The summed E-state index contributed by atoms with van der Waals surface area (Å²) < 4.78 is 40.5. The van der Waals surface area contributed by atoms with Crippen molar-refractivity contribution in [3.05, 3.63) is 59.7 Å². The van der Waals surface area contributed by atoms with E-state index in [1.54, 1.807) is 0 Å². The predicted molar refractivity (Wildman–Crippen MR) is 158 cm³/mol. The van der Waals surface area contributed by atoms with E-state index in [9.17, 15) is 0 Å². The van der Waals surface area contributed by atoms with Crippen LogP contribution in [0.4, 0.5) is 0 Å². The van der Waals surface area contributed by atoms with Gasteiger partial charge in [0.15, 0.2) is 18.5 Å². The summed E-state index contributed by atoms with van der Waals surface area (Å²) in [6.07, 6.45) is 6.11. The number of ether oxygens (including phenoxy) is 7. The lowest BCUT2D eigenvalue weighted by molar-refractivity contribution is -0.0617. The minimum atomic E-state index is -0.346. The van der Waals surface area contributed by atoms with Gasteiger partial charge in [-0.2, -0.15) is 0 Å². The zero-order chi connectivity index (χ0) is 28.7. The van der Waals surface area contributed by atoms with E-state index in [2.05, 4.69) is 0 Å². The van der Waals surface area contributed by atoms with Crippen LogP contribution >= 0.6 is 0 Å². The SMILES string of the molecule is CCOc1ccc(C2OCC(CCCCOC(=N)CCCOc3ccc(C4OCC(CCCCO)O4)cc3)O2)cc1.O. The zero-order valence-electron chi connectivity index (χ0n) is 24.6. The molecule has 2 heterocycles. The van der Waals surface area contributed by atoms with Crippen LogP contribution in [0.3, 0.4) is 0 Å². The van der Waals surface area contributed by atoms with Gasteiger partial charge in [-0.25, -0.2) is 0 Å². The van der Waals surface area contributed by atoms with Crippen LogP contribution in [-0.4, -0.2) is 68.3 Å². The Kier molecular flexibility index (Phi) is 15.1. The van der Waals surface area contributed by atoms with Crippen molar-refractivity contribution in [2.75, 3.05) is 39.6 Å². The Morgan fingerprint density at radius 2 is 1.31 bits per heavy atom. The molecule has 2 aromatic rings. The van der Waals surface area contributed by atoms with Gasteiger partial charge in [0.25, 0.3) is 0 Å². The van der Waals surface area contributed by atoms with Gasteiger partial charge >= 0.3 is 0 Å². The van der Waals surface area contributed by atoms with Gasteiger partial charge < -0.3 is 43.7 Å². The average Bonchev–Trinajstić information content (AvgIpc) is 3.67. The molecule has 2 fully saturated rings. The first-order valence-electron chi connectivity index (χ1n) is 14.9. The van der Waals surface area contributed by atoms with Gasteiger partial charge in [0.2, 0.25) is 0 Å². The number of rotatable bonds is 18. The van der Waals surface area contributed by atoms with E-state index in [4.69, 9.17) is 43.7 Å². The molecule has 0 radical (unpaired) electrons. The fourth-order valence-electron chi connectivity index (χ4n) is 4.81. The lowest BCUT2D eigenvalue weighted by atomic mass is 10.1. The van der Waals surface area contributed by atoms with Crippen LogP contribution in [0, 0.1) is 5.41 Å². The second-order valence-electron chi connectivity index (χ2n) is 10.4. The Labute approximate surface area is 249 Å². The lowest BCUT2D eigenvalue weighted by Gasteiger charge is -2.13. The van der Waals surface area contributed by atoms with Gasteiger partial charge in [0, 0.05) is 24.2 Å². The molecule has 0 aromatic heterocycles. The molecule has 2 aliphatic heterocycles. The van der Waals surface area contributed by atoms with Crippen molar-refractivity contribution in [1.82, 2.24) is 0 Å². The normalized spacial score (nSPS) is 21.6. The molecule has 4 unspecified atom stereocenters. The van der Waals surface area contributed by atoms with Gasteiger partial charge in [-0.1, -0.05) is 24.3 Å². The molecule has 42 heavy (non-hydrogen) atoms. The predicted octanol–water partition coefficient (Wildman–Crippen LogP) is 5.27. The van der Waals surface area contributed by atoms with Gasteiger partial charge in [0.1, 0.15) is 11.5 Å². The van der Waals surface area contributed by atoms with E-state index in [1.807, 2.05) is 55.5 Å². The number of nitrogens with one attached hydrogen (secondary N) is 1. The molecule has 0 aliphatic carbocycles. The molecule has 4 N–H and O–H groups in total. The lowest BCUT2D eigenvalue weighted by Crippen LogP contribution is -2.11. The summed E-state index contributed by atoms with van der Waals surface area (Å²) in [6.45, 7) is 5.05. The van der Waals surface area contributed by atoms with E-state index < -0.39 is 0 Å². The Bertz CT molecular complexity index is 1020. The maximum Gasteiger partial charge on any atom is 0.184 e. The number of aliphatic hydroxyl groups is 1. The molecule has 0 bridgehead atoms. The summed E-state index contributed by atoms with van der Waals surface area (Å²) in [4.78, 5) is 0. The minimum absolute atomic E-state index is 0. The molecule has 0 saturated carbocycles. The smallest absolute Gasteiger partial charge is 0.184 e. The van der Waals surface area contributed by atoms with Crippen LogP contribution in [0.2, 0.25) is 0 Å². The topological polar surface area (TPSA) is 140 Å². The highest BCUT2D eigenvalue weighted by Gasteiger charge is 2.28. The Balaban J connectivity index is 0.00000484. The van der Waals surface area contributed by atoms with Crippen molar-refractivity contribution in [2.24, 2.45) is 0 Å². The first-order valence-corrected chi connectivity index (χ1v) is 14.9. The average molecular weight is 590 g/mol. The van der Waals surface area contributed by atoms with Crippen LogP contribution in [0.5, 0.6) is 11.5 Å². The van der Waals surface area contributed by atoms with Crippen LogP contribution < -0.4 is 9.47 Å². The van der Waals surface area contributed by atoms with E-state index >= 15 is 0 Å². The molecule has 10 nitrogen and oxygen atoms in total. The second-order valence-corrected chi connectivity index (χ2v) is 10.4. The summed E-state index contributed by atoms with van der Waals surface area (Å²) in [5.74, 6) is 1.92. The first kappa shape index (κ1) is 33.8. The summed E-state index contributed by atoms with van der Waals surface area (Å²) in [6, 6.07) is 15.6. The zero-order valence-corrected chi connectivity index (χ0v) is 24.6. The minimum Gasteiger partial charge on any atom is -0.494 e. The van der Waals surface area contributed by atoms with Crippen LogP contribution in [-0.2, 0) is 23.7 Å². The van der Waals surface area contributed by atoms with Crippen LogP contribution in [0.25, 0.3) is 0 Å². The molecule has 4 rings (SSSR count). The van der Waals surface area contributed by atoms with E-state index in [0.29, 0.717) is 51.8 Å². The molecule has 4 atom stereocenters. The highest BCUT2D eigenvalue weighted by molar-refractivity contribution is 5.72. The highest BCUT2D eigenvalue weighted by Crippen LogP contribution is 2.31. The standard InChI is InChI=1S/C32H45NO8.H2O/c1-2-35-26-15-11-24(12-16-26)31-39-23-29(41-31)9-4-6-20-37-30(33)10-7-21-36-27-17-13-25(14-18-27)32-38-22-28(40-32)8-3-5-19-34;/h11-18,28-29,31-34H,2-10,19-23H2,1H3;1H2. The molecule has 10 heteroatoms. The Morgan fingerprint density at radius 3 is 1.86 bits per heavy atom. The number of aliphatic hydroxyl groups excluding tert-OH is 1. The van der Waals surface area contributed by atoms with Gasteiger partial charge in [-0.15, -0.1) is 0 Å². The van der Waals surface area contributed by atoms with Crippen LogP contribution in [0.1, 0.15) is 82.0 Å². The summed E-state index contributed by atoms with van der Waals surface area (Å²) in [5.41, 5.74) is 1.97. The van der Waals surface area contributed by atoms with Gasteiger partial charge in [-0.3, -0.25) is 5.41 Å². The third-order valence-electron chi connectivity index (χ3n) is 7.06. The first-order chi connectivity index (χ1) is 20.1. The van der Waals surface area contributed by atoms with E-state index in [-0.39, 0.29) is 36.9 Å². The molecule has 2 aromatic carbocycles. The van der Waals surface area contributed by atoms with Crippen molar-refractivity contribution in [2.45, 2.75) is 83.1 Å². The molecule has 0 amide bonds. The number of benzene rings is 2. The van der Waals surface area contributed by atoms with Crippen LogP contribution in [0.15, 0.2) is 48.5 Å². The Hall–Kier alpha value is -2.73. The number of hydrogen-bond acceptors (Lipinski definition) is 9. The van der Waals surface area contributed by atoms with Crippen molar-refractivity contribution < 1.29 is 43.7 Å². The molecule has 2 saturated heterocycles. The molecular formula is C32H47NO9. The quantitative estimate of drug-likeness (QED) is 0.136. The fraction of sp³-hybridized carbons (Fsp3) is 0.594. The van der Waals surface area contributed by atoms with E-state index in [0.717, 1.165) is 61.2 Å². The number of unbranched alkanes of at least 4 members (excludes halogenated alkanes) is 2. The van der Waals surface area contributed by atoms with Crippen molar-refractivity contribution >= 4 is 5.90 Å². The van der Waals surface area contributed by atoms with E-state index in [1.165, 1.54) is 0 Å². The molecule has 0 spiro atoms. The summed E-state index contributed by atoms with van der Waals surface area (Å²) in [7, 11) is 0. The second kappa shape index (κ2) is 18.7. The summed E-state index contributed by atoms with van der Waals surface area (Å²) in [5, 5.41) is 17.0. The maximum absolute atomic E-state index is 8.92. The molecule has 2 aliphatic rings. The molecular weight excluding hydrogens is 542 g/mol. The van der Waals surface area contributed by atoms with Crippen molar-refractivity contribution in [1.29, 1.82) is 5.41 Å².